The van der Waals surface area contributed by atoms with Crippen LogP contribution in [0, 0.1) is 6.92 Å². The minimum absolute atomic E-state index is 0.00626. The maximum Gasteiger partial charge on any atom is 0.416 e. The Morgan fingerprint density at radius 3 is 1.87 bits per heavy atom. The van der Waals surface area contributed by atoms with Crippen molar-refractivity contribution in [2.45, 2.75) is 65.5 Å². The predicted octanol–water partition coefficient (Wildman–Crippen LogP) is 14.8. The summed E-state index contributed by atoms with van der Waals surface area (Å²) in [6, 6.07) is 45.4. The number of rotatable bonds is 6. The van der Waals surface area contributed by atoms with Crippen molar-refractivity contribution in [3.63, 3.8) is 0 Å². The van der Waals surface area contributed by atoms with E-state index in [9.17, 15) is 13.2 Å². The number of ether oxygens (including phenoxy) is 1. The van der Waals surface area contributed by atoms with Crippen LogP contribution in [0.15, 0.2) is 146 Å². The number of hydrogen-bond donors (Lipinski definition) is 0. The van der Waals surface area contributed by atoms with Crippen LogP contribution >= 0.6 is 0 Å². The summed E-state index contributed by atoms with van der Waals surface area (Å²) in [5.41, 5.74) is 10.2. The third-order valence-corrected chi connectivity index (χ3v) is 11.5. The lowest BCUT2D eigenvalue weighted by atomic mass is 9.80. The molecule has 2 aromatic heterocycles. The van der Waals surface area contributed by atoms with Gasteiger partial charge in [-0.3, -0.25) is 4.57 Å². The van der Waals surface area contributed by atoms with Gasteiger partial charge in [0.15, 0.2) is 0 Å². The normalized spacial score (nSPS) is 13.4. The van der Waals surface area contributed by atoms with Crippen molar-refractivity contribution in [1.29, 1.82) is 0 Å². The van der Waals surface area contributed by atoms with E-state index in [2.05, 4.69) is 129 Å². The highest BCUT2D eigenvalue weighted by Gasteiger charge is 2.32. The number of alkyl halides is 3. The van der Waals surface area contributed by atoms with Gasteiger partial charge in [0.05, 0.1) is 28.0 Å². The SMILES string of the molecule is Cc1cc(-n2c3ccccc3c3ccc(Oc4cccc(N5CN(c6cc(C(C)(C)C)cc(C(C)(C)C)c6)c6ccccc65)c4)cc32)ncc1-c1cccc(C(F)(F)F)c1. The molecule has 0 unspecified atom stereocenters. The zero-order chi connectivity index (χ0) is 42.1. The van der Waals surface area contributed by atoms with Crippen LogP contribution in [0.25, 0.3) is 38.8 Å². The summed E-state index contributed by atoms with van der Waals surface area (Å²) in [4.78, 5) is 9.57. The van der Waals surface area contributed by atoms with Crippen LogP contribution in [0.5, 0.6) is 11.5 Å². The number of aryl methyl sites for hydroxylation is 1. The number of nitrogens with zero attached hydrogens (tertiary/aromatic N) is 4. The van der Waals surface area contributed by atoms with E-state index in [1.807, 2.05) is 49.4 Å². The summed E-state index contributed by atoms with van der Waals surface area (Å²) in [6.07, 6.45) is -2.77. The summed E-state index contributed by atoms with van der Waals surface area (Å²) in [7, 11) is 0. The van der Waals surface area contributed by atoms with Crippen molar-refractivity contribution in [1.82, 2.24) is 9.55 Å². The standard InChI is InChI=1S/C52H47F3N4O/c1-33-24-49(56-31-44(33)34-14-12-15-35(25-34)52(53,54)55)59-45-19-9-8-18-42(45)43-23-22-41(30-48(43)59)60-40-17-13-16-38(29-40)57-32-58(47-21-11-10-20-46(47)57)39-27-36(50(2,3)4)26-37(28-39)51(5,6)7/h8-31H,32H2,1-7H3. The zero-order valence-electron chi connectivity index (χ0n) is 34.9. The molecule has 0 spiro atoms. The first-order valence-electron chi connectivity index (χ1n) is 20.3. The van der Waals surface area contributed by atoms with Crippen molar-refractivity contribution in [2.24, 2.45) is 0 Å². The first-order valence-corrected chi connectivity index (χ1v) is 20.3. The topological polar surface area (TPSA) is 33.5 Å². The molecule has 8 heteroatoms. The number of aromatic nitrogens is 2. The molecular weight excluding hydrogens is 754 g/mol. The van der Waals surface area contributed by atoms with Gasteiger partial charge in [-0.05, 0) is 113 Å². The first kappa shape index (κ1) is 38.9. The molecule has 60 heavy (non-hydrogen) atoms. The molecule has 0 fully saturated rings. The van der Waals surface area contributed by atoms with Gasteiger partial charge in [0.2, 0.25) is 0 Å². The van der Waals surface area contributed by atoms with Gasteiger partial charge in [-0.1, -0.05) is 96.1 Å². The van der Waals surface area contributed by atoms with Crippen molar-refractivity contribution in [3.8, 4) is 28.4 Å². The van der Waals surface area contributed by atoms with Crippen LogP contribution in [0.4, 0.5) is 35.9 Å². The number of pyridine rings is 1. The molecule has 3 heterocycles. The Morgan fingerprint density at radius 1 is 0.550 bits per heavy atom. The van der Waals surface area contributed by atoms with Crippen LogP contribution in [0.3, 0.4) is 0 Å². The van der Waals surface area contributed by atoms with Gasteiger partial charge in [0.25, 0.3) is 0 Å². The smallest absolute Gasteiger partial charge is 0.416 e. The number of halogens is 3. The minimum atomic E-state index is -4.43. The van der Waals surface area contributed by atoms with E-state index in [0.29, 0.717) is 35.1 Å². The summed E-state index contributed by atoms with van der Waals surface area (Å²) in [5.74, 6) is 2.03. The monoisotopic (exact) mass is 800 g/mol. The maximum atomic E-state index is 13.6. The van der Waals surface area contributed by atoms with Crippen molar-refractivity contribution < 1.29 is 17.9 Å². The number of fused-ring (bicyclic) bond motifs is 4. The molecule has 0 aliphatic carbocycles. The van der Waals surface area contributed by atoms with E-state index < -0.39 is 11.7 Å². The summed E-state index contributed by atoms with van der Waals surface area (Å²) < 4.78 is 49.4. The first-order chi connectivity index (χ1) is 28.5. The fourth-order valence-corrected chi connectivity index (χ4v) is 8.23. The third kappa shape index (κ3) is 7.14. The lowest BCUT2D eigenvalue weighted by Crippen LogP contribution is -2.25. The molecule has 0 bridgehead atoms. The summed E-state index contributed by atoms with van der Waals surface area (Å²) in [6.45, 7) is 16.2. The Morgan fingerprint density at radius 2 is 1.18 bits per heavy atom. The van der Waals surface area contributed by atoms with E-state index in [1.165, 1.54) is 28.9 Å². The fraction of sp³-hybridized carbons (Fsp3) is 0.212. The Hall–Kier alpha value is -6.54. The highest BCUT2D eigenvalue weighted by Crippen LogP contribution is 2.47. The number of para-hydroxylation sites is 3. The molecule has 0 saturated heterocycles. The van der Waals surface area contributed by atoms with E-state index >= 15 is 0 Å². The van der Waals surface area contributed by atoms with E-state index in [-0.39, 0.29) is 10.8 Å². The van der Waals surface area contributed by atoms with Crippen LogP contribution in [0.2, 0.25) is 0 Å². The van der Waals surface area contributed by atoms with Gasteiger partial charge in [-0.25, -0.2) is 4.98 Å². The number of benzene rings is 6. The Labute approximate surface area is 349 Å². The molecule has 302 valence electrons. The molecule has 5 nitrogen and oxygen atoms in total. The van der Waals surface area contributed by atoms with Crippen LogP contribution in [-0.4, -0.2) is 16.2 Å². The summed E-state index contributed by atoms with van der Waals surface area (Å²) >= 11 is 0. The Kier molecular flexibility index (Phi) is 9.30. The van der Waals surface area contributed by atoms with Gasteiger partial charge in [-0.2, -0.15) is 13.2 Å². The Bertz CT molecular complexity index is 2900. The molecule has 8 aromatic rings. The minimum Gasteiger partial charge on any atom is -0.457 e. The van der Waals surface area contributed by atoms with E-state index in [1.54, 1.807) is 12.3 Å². The predicted molar refractivity (Wildman–Crippen MR) is 240 cm³/mol. The van der Waals surface area contributed by atoms with Gasteiger partial charge in [0.1, 0.15) is 24.0 Å². The lowest BCUT2D eigenvalue weighted by Gasteiger charge is -2.29. The van der Waals surface area contributed by atoms with Gasteiger partial charge < -0.3 is 14.5 Å². The highest BCUT2D eigenvalue weighted by atomic mass is 19.4. The lowest BCUT2D eigenvalue weighted by molar-refractivity contribution is -0.137. The molecule has 0 N–H and O–H groups in total. The highest BCUT2D eigenvalue weighted by molar-refractivity contribution is 6.09. The second kappa shape index (κ2) is 14.3. The third-order valence-electron chi connectivity index (χ3n) is 11.5. The number of hydrogen-bond acceptors (Lipinski definition) is 4. The quantitative estimate of drug-likeness (QED) is 0.168. The van der Waals surface area contributed by atoms with Crippen molar-refractivity contribution in [3.05, 3.63) is 168 Å². The number of anilines is 4. The van der Waals surface area contributed by atoms with Crippen LogP contribution < -0.4 is 14.5 Å². The van der Waals surface area contributed by atoms with Crippen molar-refractivity contribution in [2.75, 3.05) is 16.5 Å². The van der Waals surface area contributed by atoms with Gasteiger partial charge in [-0.15, -0.1) is 0 Å². The fourth-order valence-electron chi connectivity index (χ4n) is 8.23. The van der Waals surface area contributed by atoms with Crippen molar-refractivity contribution >= 4 is 44.6 Å². The average molecular weight is 801 g/mol. The van der Waals surface area contributed by atoms with E-state index in [4.69, 9.17) is 9.72 Å². The van der Waals surface area contributed by atoms with Gasteiger partial charge >= 0.3 is 6.18 Å². The zero-order valence-corrected chi connectivity index (χ0v) is 34.9. The second-order valence-electron chi connectivity index (χ2n) is 17.8. The van der Waals surface area contributed by atoms with Crippen LogP contribution in [-0.2, 0) is 17.0 Å². The maximum absolute atomic E-state index is 13.6. The van der Waals surface area contributed by atoms with Crippen LogP contribution in [0.1, 0.15) is 63.8 Å². The van der Waals surface area contributed by atoms with Gasteiger partial charge in [0, 0.05) is 46.0 Å². The van der Waals surface area contributed by atoms with E-state index in [0.717, 1.165) is 50.5 Å². The molecule has 0 radical (unpaired) electrons. The largest absolute Gasteiger partial charge is 0.457 e. The molecule has 1 aliphatic rings. The molecule has 0 saturated carbocycles. The molecule has 9 rings (SSSR count). The Balaban J connectivity index is 1.05. The second-order valence-corrected chi connectivity index (χ2v) is 17.8. The molecule has 0 amide bonds. The molecule has 0 atom stereocenters. The molecule has 6 aromatic carbocycles. The molecule has 1 aliphatic heterocycles. The average Bonchev–Trinajstić information content (AvgIpc) is 3.76. The summed E-state index contributed by atoms with van der Waals surface area (Å²) in [5, 5.41) is 2.09. The molecular formula is C52H47F3N4O.